The summed E-state index contributed by atoms with van der Waals surface area (Å²) >= 11 is 0. The third kappa shape index (κ3) is 5.09. The van der Waals surface area contributed by atoms with Crippen molar-refractivity contribution in [3.63, 3.8) is 0 Å². The Morgan fingerprint density at radius 3 is 2.54 bits per heavy atom. The lowest BCUT2D eigenvalue weighted by Crippen LogP contribution is -2.17. The maximum atomic E-state index is 12.2. The normalized spacial score (nSPS) is 17.0. The molecule has 2 heterocycles. The van der Waals surface area contributed by atoms with Crippen LogP contribution in [0, 0.1) is 0 Å². The number of hydrogen-bond donors (Lipinski definition) is 1. The van der Waals surface area contributed by atoms with Gasteiger partial charge in [-0.2, -0.15) is 0 Å². The van der Waals surface area contributed by atoms with E-state index >= 15 is 0 Å². The number of alkyl halides is 3. The van der Waals surface area contributed by atoms with Crippen LogP contribution in [0.15, 0.2) is 42.6 Å². The van der Waals surface area contributed by atoms with E-state index < -0.39 is 12.3 Å². The summed E-state index contributed by atoms with van der Waals surface area (Å²) in [5, 5.41) is 2.56. The number of aromatic nitrogens is 1. The van der Waals surface area contributed by atoms with Crippen molar-refractivity contribution < 1.29 is 32.2 Å². The first kappa shape index (κ1) is 18.0. The van der Waals surface area contributed by atoms with Gasteiger partial charge in [-0.15, -0.1) is 13.2 Å². The summed E-state index contributed by atoms with van der Waals surface area (Å²) in [4.78, 5) is 16.2. The minimum absolute atomic E-state index is 0.0420. The predicted molar refractivity (Wildman–Crippen MR) is 85.2 cm³/mol. The smallest absolute Gasteiger partial charge is 0.472 e. The summed E-state index contributed by atoms with van der Waals surface area (Å²) in [5.74, 6) is -0.419. The van der Waals surface area contributed by atoms with Crippen molar-refractivity contribution in [1.29, 1.82) is 0 Å². The van der Waals surface area contributed by atoms with Crippen molar-refractivity contribution >= 4 is 11.6 Å². The van der Waals surface area contributed by atoms with Gasteiger partial charge in [0.15, 0.2) is 0 Å². The molecule has 1 amide bonds. The van der Waals surface area contributed by atoms with E-state index in [4.69, 9.17) is 9.47 Å². The lowest BCUT2D eigenvalue weighted by molar-refractivity contribution is -0.274. The Morgan fingerprint density at radius 2 is 1.96 bits per heavy atom. The molecule has 26 heavy (non-hydrogen) atoms. The second-order valence-electron chi connectivity index (χ2n) is 5.51. The number of nitrogens with one attached hydrogen (secondary N) is 1. The van der Waals surface area contributed by atoms with E-state index in [9.17, 15) is 18.0 Å². The predicted octanol–water partition coefficient (Wildman–Crippen LogP) is 3.40. The van der Waals surface area contributed by atoms with Gasteiger partial charge >= 0.3 is 6.36 Å². The minimum atomic E-state index is -4.76. The number of amides is 1. The van der Waals surface area contributed by atoms with Crippen LogP contribution >= 0.6 is 0 Å². The summed E-state index contributed by atoms with van der Waals surface area (Å²) in [6.07, 6.45) is -2.65. The molecule has 1 aliphatic heterocycles. The molecule has 0 aliphatic carbocycles. The molecule has 1 atom stereocenters. The van der Waals surface area contributed by atoms with E-state index in [-0.39, 0.29) is 17.4 Å². The zero-order valence-corrected chi connectivity index (χ0v) is 13.5. The first-order chi connectivity index (χ1) is 12.4. The molecular formula is C17H15F3N2O4. The number of carbonyl (C=O) groups is 1. The number of hydrogen-bond acceptors (Lipinski definition) is 5. The molecule has 1 aromatic carbocycles. The number of benzene rings is 1. The van der Waals surface area contributed by atoms with E-state index in [2.05, 4.69) is 15.0 Å². The van der Waals surface area contributed by atoms with E-state index in [1.54, 1.807) is 12.1 Å². The molecule has 1 N–H and O–H groups in total. The molecule has 0 bridgehead atoms. The fourth-order valence-corrected chi connectivity index (χ4v) is 2.30. The van der Waals surface area contributed by atoms with Gasteiger partial charge < -0.3 is 19.5 Å². The molecular weight excluding hydrogens is 353 g/mol. The highest BCUT2D eigenvalue weighted by Crippen LogP contribution is 2.24. The van der Waals surface area contributed by atoms with Crippen molar-refractivity contribution in [3.8, 4) is 11.6 Å². The average molecular weight is 368 g/mol. The molecule has 138 valence electrons. The zero-order valence-electron chi connectivity index (χ0n) is 13.5. The van der Waals surface area contributed by atoms with E-state index in [0.29, 0.717) is 24.8 Å². The molecule has 0 saturated carbocycles. The van der Waals surface area contributed by atoms with Crippen LogP contribution < -0.4 is 14.8 Å². The van der Waals surface area contributed by atoms with Gasteiger partial charge in [0.25, 0.3) is 5.91 Å². The van der Waals surface area contributed by atoms with E-state index in [1.807, 2.05) is 0 Å². The van der Waals surface area contributed by atoms with E-state index in [1.165, 1.54) is 18.3 Å². The number of ether oxygens (including phenoxy) is 3. The first-order valence-electron chi connectivity index (χ1n) is 7.77. The van der Waals surface area contributed by atoms with Gasteiger partial charge in [0.05, 0.1) is 18.8 Å². The molecule has 1 saturated heterocycles. The average Bonchev–Trinajstić information content (AvgIpc) is 3.09. The second-order valence-corrected chi connectivity index (χ2v) is 5.51. The summed E-state index contributed by atoms with van der Waals surface area (Å²) in [6, 6.07) is 7.97. The Balaban J connectivity index is 1.57. The zero-order chi connectivity index (χ0) is 18.6. The van der Waals surface area contributed by atoms with Crippen LogP contribution in [0.2, 0.25) is 0 Å². The van der Waals surface area contributed by atoms with Crippen molar-refractivity contribution in [2.45, 2.75) is 18.9 Å². The molecule has 1 unspecified atom stereocenters. The van der Waals surface area contributed by atoms with Crippen LogP contribution in [0.4, 0.5) is 18.9 Å². The van der Waals surface area contributed by atoms with Crippen LogP contribution in [0.5, 0.6) is 11.6 Å². The molecule has 3 rings (SSSR count). The van der Waals surface area contributed by atoms with Gasteiger partial charge in [0, 0.05) is 24.4 Å². The van der Waals surface area contributed by atoms with Gasteiger partial charge in [0.2, 0.25) is 5.88 Å². The van der Waals surface area contributed by atoms with Crippen molar-refractivity contribution in [3.05, 3.63) is 48.2 Å². The Kier molecular flexibility index (Phi) is 5.27. The minimum Gasteiger partial charge on any atom is -0.472 e. The Bertz CT molecular complexity index is 742. The van der Waals surface area contributed by atoms with Gasteiger partial charge in [0.1, 0.15) is 11.9 Å². The molecule has 2 aromatic rings. The maximum absolute atomic E-state index is 12.2. The lowest BCUT2D eigenvalue weighted by Gasteiger charge is -2.11. The summed E-state index contributed by atoms with van der Waals surface area (Å²) in [5.41, 5.74) is 0.614. The van der Waals surface area contributed by atoms with Gasteiger partial charge in [-0.25, -0.2) is 4.98 Å². The van der Waals surface area contributed by atoms with Crippen LogP contribution in [0.25, 0.3) is 0 Å². The fraction of sp³-hybridized carbons (Fsp3) is 0.294. The molecule has 0 radical (unpaired) electrons. The summed E-state index contributed by atoms with van der Waals surface area (Å²) in [6.45, 7) is 1.16. The largest absolute Gasteiger partial charge is 0.573 e. The van der Waals surface area contributed by atoms with Crippen molar-refractivity contribution in [2.75, 3.05) is 18.5 Å². The summed E-state index contributed by atoms with van der Waals surface area (Å²) in [7, 11) is 0. The van der Waals surface area contributed by atoms with E-state index in [0.717, 1.165) is 18.6 Å². The summed E-state index contributed by atoms with van der Waals surface area (Å²) < 4.78 is 50.9. The highest BCUT2D eigenvalue weighted by atomic mass is 19.4. The molecule has 0 spiro atoms. The third-order valence-corrected chi connectivity index (χ3v) is 3.52. The highest BCUT2D eigenvalue weighted by molar-refractivity contribution is 6.04. The fourth-order valence-electron chi connectivity index (χ4n) is 2.30. The number of anilines is 1. The van der Waals surface area contributed by atoms with Crippen molar-refractivity contribution in [1.82, 2.24) is 4.98 Å². The lowest BCUT2D eigenvalue weighted by atomic mass is 10.2. The van der Waals surface area contributed by atoms with Crippen LogP contribution in [0.3, 0.4) is 0 Å². The maximum Gasteiger partial charge on any atom is 0.573 e. The SMILES string of the molecule is O=C(Nc1ccc(OC(F)(F)F)cc1)c1ccc(OC2CCOC2)nc1. The monoisotopic (exact) mass is 368 g/mol. The Hall–Kier alpha value is -2.81. The molecule has 6 nitrogen and oxygen atoms in total. The Morgan fingerprint density at radius 1 is 1.19 bits per heavy atom. The van der Waals surface area contributed by atoms with Gasteiger partial charge in [-0.3, -0.25) is 4.79 Å². The molecule has 1 fully saturated rings. The third-order valence-electron chi connectivity index (χ3n) is 3.52. The molecule has 1 aliphatic rings. The van der Waals surface area contributed by atoms with Gasteiger partial charge in [-0.05, 0) is 30.3 Å². The quantitative estimate of drug-likeness (QED) is 0.876. The number of halogens is 3. The van der Waals surface area contributed by atoms with Crippen LogP contribution in [0.1, 0.15) is 16.8 Å². The van der Waals surface area contributed by atoms with Crippen LogP contribution in [-0.2, 0) is 4.74 Å². The standard InChI is InChI=1S/C17H15F3N2O4/c18-17(19,20)26-13-4-2-12(3-5-13)22-16(23)11-1-6-15(21-9-11)25-14-7-8-24-10-14/h1-6,9,14H,7-8,10H2,(H,22,23). The topological polar surface area (TPSA) is 69.7 Å². The molecule has 9 heteroatoms. The molecule has 1 aromatic heterocycles. The second kappa shape index (κ2) is 7.61. The Labute approximate surface area is 146 Å². The highest BCUT2D eigenvalue weighted by Gasteiger charge is 2.31. The van der Waals surface area contributed by atoms with Crippen molar-refractivity contribution in [2.24, 2.45) is 0 Å². The van der Waals surface area contributed by atoms with Gasteiger partial charge in [-0.1, -0.05) is 0 Å². The number of rotatable bonds is 5. The number of carbonyl (C=O) groups excluding carboxylic acids is 1. The first-order valence-corrected chi connectivity index (χ1v) is 7.77. The number of nitrogens with zero attached hydrogens (tertiary/aromatic N) is 1. The van der Waals surface area contributed by atoms with Crippen LogP contribution in [-0.4, -0.2) is 36.6 Å². The number of pyridine rings is 1.